The third-order valence-corrected chi connectivity index (χ3v) is 2.68. The molecule has 5 heteroatoms. The van der Waals surface area contributed by atoms with Crippen LogP contribution in [-0.4, -0.2) is 28.9 Å². The number of carbonyl (C=O) groups is 1. The Hall–Kier alpha value is -1.46. The molecule has 0 saturated heterocycles. The van der Waals surface area contributed by atoms with Crippen LogP contribution in [0, 0.1) is 19.7 Å². The van der Waals surface area contributed by atoms with E-state index in [0.717, 1.165) is 0 Å². The molecule has 0 heterocycles. The zero-order chi connectivity index (χ0) is 13.9. The van der Waals surface area contributed by atoms with E-state index in [2.05, 4.69) is 4.74 Å². The minimum absolute atomic E-state index is 0.115. The van der Waals surface area contributed by atoms with Crippen LogP contribution in [0.2, 0.25) is 0 Å². The van der Waals surface area contributed by atoms with Crippen LogP contribution in [0.3, 0.4) is 0 Å². The van der Waals surface area contributed by atoms with Crippen LogP contribution in [-0.2, 0) is 9.53 Å². The Morgan fingerprint density at radius 3 is 2.28 bits per heavy atom. The number of benzene rings is 1. The molecule has 0 amide bonds. The van der Waals surface area contributed by atoms with Crippen LogP contribution in [0.1, 0.15) is 29.7 Å². The largest absolute Gasteiger partial charge is 0.464 e. The van der Waals surface area contributed by atoms with Gasteiger partial charge in [-0.25, -0.2) is 9.18 Å². The smallest absolute Gasteiger partial charge is 0.338 e. The second kappa shape index (κ2) is 5.93. The molecule has 2 unspecified atom stereocenters. The third-order valence-electron chi connectivity index (χ3n) is 2.68. The quantitative estimate of drug-likeness (QED) is 0.799. The molecule has 1 rings (SSSR count). The van der Waals surface area contributed by atoms with Crippen molar-refractivity contribution in [1.29, 1.82) is 0 Å². The topological polar surface area (TPSA) is 66.8 Å². The highest BCUT2D eigenvalue weighted by molar-refractivity contribution is 5.75. The first kappa shape index (κ1) is 14.6. The van der Waals surface area contributed by atoms with Gasteiger partial charge < -0.3 is 14.9 Å². The van der Waals surface area contributed by atoms with E-state index < -0.39 is 24.0 Å². The summed E-state index contributed by atoms with van der Waals surface area (Å²) in [7, 11) is 0. The highest BCUT2D eigenvalue weighted by atomic mass is 19.1. The summed E-state index contributed by atoms with van der Waals surface area (Å²) in [6, 6.07) is 2.48. The monoisotopic (exact) mass is 256 g/mol. The summed E-state index contributed by atoms with van der Waals surface area (Å²) in [5.41, 5.74) is 1.30. The first-order valence-corrected chi connectivity index (χ1v) is 5.67. The molecular weight excluding hydrogens is 239 g/mol. The summed E-state index contributed by atoms with van der Waals surface area (Å²) >= 11 is 0. The molecule has 0 spiro atoms. The lowest BCUT2D eigenvalue weighted by molar-refractivity contribution is -0.159. The summed E-state index contributed by atoms with van der Waals surface area (Å²) in [5.74, 6) is -1.32. The average Bonchev–Trinajstić information content (AvgIpc) is 2.26. The van der Waals surface area contributed by atoms with Gasteiger partial charge in [0.25, 0.3) is 0 Å². The Morgan fingerprint density at radius 2 is 1.83 bits per heavy atom. The standard InChI is InChI=1S/C13H17FO4/c1-4-18-13(17)12(16)11(15)10-7(2)5-9(14)6-8(10)3/h5-6,11-12,15-16H,4H2,1-3H3. The van der Waals surface area contributed by atoms with Crippen molar-refractivity contribution >= 4 is 5.97 Å². The number of aliphatic hydroxyl groups excluding tert-OH is 2. The first-order chi connectivity index (χ1) is 8.38. The molecule has 0 aliphatic rings. The van der Waals surface area contributed by atoms with Crippen molar-refractivity contribution in [1.82, 2.24) is 0 Å². The van der Waals surface area contributed by atoms with E-state index in [-0.39, 0.29) is 6.61 Å². The second-order valence-electron chi connectivity index (χ2n) is 4.09. The van der Waals surface area contributed by atoms with Gasteiger partial charge in [0.2, 0.25) is 0 Å². The molecule has 0 aliphatic heterocycles. The normalized spacial score (nSPS) is 14.1. The van der Waals surface area contributed by atoms with Gasteiger partial charge in [0.15, 0.2) is 6.10 Å². The maximum absolute atomic E-state index is 13.1. The molecule has 2 N–H and O–H groups in total. The summed E-state index contributed by atoms with van der Waals surface area (Å²) in [4.78, 5) is 11.3. The zero-order valence-corrected chi connectivity index (χ0v) is 10.6. The first-order valence-electron chi connectivity index (χ1n) is 5.67. The summed E-state index contributed by atoms with van der Waals surface area (Å²) < 4.78 is 17.7. The Balaban J connectivity index is 3.03. The van der Waals surface area contributed by atoms with Crippen molar-refractivity contribution in [2.45, 2.75) is 33.0 Å². The predicted molar refractivity (Wildman–Crippen MR) is 63.5 cm³/mol. The van der Waals surface area contributed by atoms with Gasteiger partial charge in [-0.2, -0.15) is 0 Å². The van der Waals surface area contributed by atoms with Gasteiger partial charge in [-0.15, -0.1) is 0 Å². The Morgan fingerprint density at radius 1 is 1.33 bits per heavy atom. The number of hydrogen-bond donors (Lipinski definition) is 2. The van der Waals surface area contributed by atoms with E-state index in [1.54, 1.807) is 20.8 Å². The second-order valence-corrected chi connectivity index (χ2v) is 4.09. The number of aliphatic hydroxyl groups is 2. The van der Waals surface area contributed by atoms with Crippen LogP contribution >= 0.6 is 0 Å². The fourth-order valence-corrected chi connectivity index (χ4v) is 1.90. The Bertz CT molecular complexity index is 422. The molecule has 0 aromatic heterocycles. The molecule has 2 atom stereocenters. The lowest BCUT2D eigenvalue weighted by Crippen LogP contribution is -2.30. The SMILES string of the molecule is CCOC(=O)C(O)C(O)c1c(C)cc(F)cc1C. The van der Waals surface area contributed by atoms with Crippen molar-refractivity contribution in [3.63, 3.8) is 0 Å². The van der Waals surface area contributed by atoms with Crippen LogP contribution < -0.4 is 0 Å². The molecule has 0 aliphatic carbocycles. The van der Waals surface area contributed by atoms with Crippen LogP contribution in [0.25, 0.3) is 0 Å². The van der Waals surface area contributed by atoms with Crippen molar-refractivity contribution in [2.24, 2.45) is 0 Å². The molecule has 0 radical (unpaired) electrons. The van der Waals surface area contributed by atoms with Crippen LogP contribution in [0.15, 0.2) is 12.1 Å². The van der Waals surface area contributed by atoms with Gasteiger partial charge >= 0.3 is 5.97 Å². The van der Waals surface area contributed by atoms with Crippen LogP contribution in [0.5, 0.6) is 0 Å². The predicted octanol–water partition coefficient (Wildman–Crippen LogP) is 1.40. The van der Waals surface area contributed by atoms with E-state index >= 15 is 0 Å². The number of carbonyl (C=O) groups excluding carboxylic acids is 1. The fourth-order valence-electron chi connectivity index (χ4n) is 1.90. The molecule has 1 aromatic rings. The molecule has 4 nitrogen and oxygen atoms in total. The lowest BCUT2D eigenvalue weighted by Gasteiger charge is -2.20. The zero-order valence-electron chi connectivity index (χ0n) is 10.6. The molecular formula is C13H17FO4. The lowest BCUT2D eigenvalue weighted by atomic mass is 9.94. The molecule has 18 heavy (non-hydrogen) atoms. The van der Waals surface area contributed by atoms with Crippen molar-refractivity contribution in [3.8, 4) is 0 Å². The number of halogens is 1. The highest BCUT2D eigenvalue weighted by Crippen LogP contribution is 2.26. The highest BCUT2D eigenvalue weighted by Gasteiger charge is 2.29. The van der Waals surface area contributed by atoms with Gasteiger partial charge in [0.1, 0.15) is 11.9 Å². The van der Waals surface area contributed by atoms with E-state index in [1.165, 1.54) is 12.1 Å². The van der Waals surface area contributed by atoms with E-state index in [0.29, 0.717) is 16.7 Å². The van der Waals surface area contributed by atoms with Crippen molar-refractivity contribution in [2.75, 3.05) is 6.61 Å². The third kappa shape index (κ3) is 3.05. The number of ether oxygens (including phenoxy) is 1. The van der Waals surface area contributed by atoms with E-state index in [9.17, 15) is 19.4 Å². The van der Waals surface area contributed by atoms with Gasteiger partial charge in [-0.3, -0.25) is 0 Å². The minimum atomic E-state index is -1.67. The Labute approximate surface area is 105 Å². The van der Waals surface area contributed by atoms with E-state index in [4.69, 9.17) is 0 Å². The van der Waals surface area contributed by atoms with Gasteiger partial charge in [-0.05, 0) is 49.6 Å². The summed E-state index contributed by atoms with van der Waals surface area (Å²) in [6.07, 6.45) is -3.10. The maximum Gasteiger partial charge on any atom is 0.338 e. The maximum atomic E-state index is 13.1. The number of aryl methyl sites for hydroxylation is 2. The fraction of sp³-hybridized carbons (Fsp3) is 0.462. The van der Waals surface area contributed by atoms with Crippen LogP contribution in [0.4, 0.5) is 4.39 Å². The molecule has 0 saturated carbocycles. The Kier molecular flexibility index (Phi) is 4.81. The van der Waals surface area contributed by atoms with Gasteiger partial charge in [0, 0.05) is 0 Å². The number of esters is 1. The molecule has 0 fully saturated rings. The van der Waals surface area contributed by atoms with Crippen molar-refractivity contribution in [3.05, 3.63) is 34.6 Å². The van der Waals surface area contributed by atoms with Gasteiger partial charge in [0.05, 0.1) is 6.61 Å². The summed E-state index contributed by atoms with van der Waals surface area (Å²) in [5, 5.41) is 19.6. The van der Waals surface area contributed by atoms with E-state index in [1.807, 2.05) is 0 Å². The van der Waals surface area contributed by atoms with Crippen molar-refractivity contribution < 1.29 is 24.1 Å². The molecule has 1 aromatic carbocycles. The minimum Gasteiger partial charge on any atom is -0.464 e. The average molecular weight is 256 g/mol. The molecule has 100 valence electrons. The molecule has 0 bridgehead atoms. The number of rotatable bonds is 4. The summed E-state index contributed by atoms with van der Waals surface area (Å²) in [6.45, 7) is 4.93. The number of hydrogen-bond acceptors (Lipinski definition) is 4. The van der Waals surface area contributed by atoms with Gasteiger partial charge in [-0.1, -0.05) is 0 Å².